The second-order valence-electron chi connectivity index (χ2n) is 5.12. The van der Waals surface area contributed by atoms with Gasteiger partial charge in [-0.15, -0.1) is 0 Å². The van der Waals surface area contributed by atoms with Crippen molar-refractivity contribution < 1.29 is 4.74 Å². The molecular formula is C14H24N4O. The zero-order valence-electron chi connectivity index (χ0n) is 11.6. The van der Waals surface area contributed by atoms with Gasteiger partial charge in [0, 0.05) is 24.9 Å². The molecule has 0 saturated heterocycles. The number of nitrogen functional groups attached to an aromatic ring is 1. The second kappa shape index (κ2) is 6.82. The molecule has 1 heterocycles. The molecular weight excluding hydrogens is 240 g/mol. The van der Waals surface area contributed by atoms with E-state index in [1.807, 2.05) is 6.92 Å². The van der Waals surface area contributed by atoms with Gasteiger partial charge in [-0.25, -0.2) is 9.97 Å². The summed E-state index contributed by atoms with van der Waals surface area (Å²) in [7, 11) is 0. The number of hydrogen-bond acceptors (Lipinski definition) is 5. The number of ether oxygens (including phenoxy) is 1. The lowest BCUT2D eigenvalue weighted by Crippen LogP contribution is -2.22. The van der Waals surface area contributed by atoms with Crippen molar-refractivity contribution in [1.82, 2.24) is 9.97 Å². The van der Waals surface area contributed by atoms with Crippen LogP contribution in [0.4, 0.5) is 5.82 Å². The van der Waals surface area contributed by atoms with Crippen LogP contribution in [0, 0.1) is 5.92 Å². The molecule has 106 valence electrons. The Balaban J connectivity index is 2.19. The third-order valence-electron chi connectivity index (χ3n) is 3.82. The number of rotatable bonds is 5. The minimum Gasteiger partial charge on any atom is -0.383 e. The van der Waals surface area contributed by atoms with E-state index >= 15 is 0 Å². The number of anilines is 1. The lowest BCUT2D eigenvalue weighted by Gasteiger charge is -2.29. The van der Waals surface area contributed by atoms with Crippen molar-refractivity contribution in [1.29, 1.82) is 0 Å². The van der Waals surface area contributed by atoms with Gasteiger partial charge in [-0.2, -0.15) is 0 Å². The van der Waals surface area contributed by atoms with Crippen LogP contribution in [-0.4, -0.2) is 16.6 Å². The van der Waals surface area contributed by atoms with Crippen LogP contribution in [0.3, 0.4) is 0 Å². The first-order valence-electron chi connectivity index (χ1n) is 7.19. The van der Waals surface area contributed by atoms with E-state index in [0.29, 0.717) is 30.7 Å². The molecule has 0 aliphatic heterocycles. The third kappa shape index (κ3) is 3.42. The first kappa shape index (κ1) is 14.2. The fraction of sp³-hybridized carbons (Fsp3) is 0.714. The van der Waals surface area contributed by atoms with Gasteiger partial charge < -0.3 is 16.2 Å². The molecule has 1 atom stereocenters. The molecule has 0 amide bonds. The molecule has 0 spiro atoms. The van der Waals surface area contributed by atoms with Crippen molar-refractivity contribution in [2.75, 3.05) is 12.3 Å². The molecule has 0 bridgehead atoms. The van der Waals surface area contributed by atoms with E-state index in [-0.39, 0.29) is 6.10 Å². The maximum Gasteiger partial charge on any atom is 0.159 e. The second-order valence-corrected chi connectivity index (χ2v) is 5.12. The van der Waals surface area contributed by atoms with Crippen LogP contribution in [0.1, 0.15) is 56.5 Å². The van der Waals surface area contributed by atoms with Crippen LogP contribution in [-0.2, 0) is 11.3 Å². The Morgan fingerprint density at radius 3 is 2.68 bits per heavy atom. The molecule has 4 N–H and O–H groups in total. The Morgan fingerprint density at radius 2 is 2.11 bits per heavy atom. The third-order valence-corrected chi connectivity index (χ3v) is 3.82. The Morgan fingerprint density at radius 1 is 1.37 bits per heavy atom. The largest absolute Gasteiger partial charge is 0.383 e. The van der Waals surface area contributed by atoms with Crippen LogP contribution >= 0.6 is 0 Å². The maximum absolute atomic E-state index is 5.91. The fourth-order valence-corrected chi connectivity index (χ4v) is 2.77. The number of nitrogens with two attached hydrogens (primary N) is 2. The summed E-state index contributed by atoms with van der Waals surface area (Å²) in [6.45, 7) is 3.05. The van der Waals surface area contributed by atoms with E-state index in [4.69, 9.17) is 16.2 Å². The fourth-order valence-electron chi connectivity index (χ4n) is 2.77. The SMILES string of the molecule is CCOC(c1ncc(CN)c(N)n1)C1CCCCC1. The molecule has 5 heteroatoms. The van der Waals surface area contributed by atoms with Gasteiger partial charge in [-0.05, 0) is 25.7 Å². The van der Waals surface area contributed by atoms with Crippen molar-refractivity contribution in [2.24, 2.45) is 11.7 Å². The van der Waals surface area contributed by atoms with Crippen LogP contribution < -0.4 is 11.5 Å². The Labute approximate surface area is 114 Å². The Bertz CT molecular complexity index is 404. The van der Waals surface area contributed by atoms with E-state index < -0.39 is 0 Å². The summed E-state index contributed by atoms with van der Waals surface area (Å²) in [5, 5.41) is 0. The highest BCUT2D eigenvalue weighted by Crippen LogP contribution is 2.35. The average Bonchev–Trinajstić information content (AvgIpc) is 2.45. The van der Waals surface area contributed by atoms with E-state index in [1.54, 1.807) is 6.20 Å². The van der Waals surface area contributed by atoms with Crippen LogP contribution in [0.25, 0.3) is 0 Å². The summed E-state index contributed by atoms with van der Waals surface area (Å²) < 4.78 is 5.88. The van der Waals surface area contributed by atoms with Gasteiger partial charge >= 0.3 is 0 Å². The molecule has 2 rings (SSSR count). The molecule has 1 unspecified atom stereocenters. The quantitative estimate of drug-likeness (QED) is 0.851. The number of hydrogen-bond donors (Lipinski definition) is 2. The molecule has 5 nitrogen and oxygen atoms in total. The summed E-state index contributed by atoms with van der Waals surface area (Å²) in [5.74, 6) is 1.70. The van der Waals surface area contributed by atoms with E-state index in [9.17, 15) is 0 Å². The zero-order chi connectivity index (χ0) is 13.7. The smallest absolute Gasteiger partial charge is 0.159 e. The van der Waals surface area contributed by atoms with Crippen molar-refractivity contribution in [2.45, 2.75) is 51.7 Å². The highest BCUT2D eigenvalue weighted by molar-refractivity contribution is 5.37. The molecule has 1 saturated carbocycles. The first-order chi connectivity index (χ1) is 9.26. The van der Waals surface area contributed by atoms with Gasteiger partial charge in [0.15, 0.2) is 5.82 Å². The van der Waals surface area contributed by atoms with Crippen molar-refractivity contribution in [3.8, 4) is 0 Å². The van der Waals surface area contributed by atoms with Gasteiger partial charge in [0.25, 0.3) is 0 Å². The van der Waals surface area contributed by atoms with Crippen molar-refractivity contribution in [3.05, 3.63) is 17.6 Å². The topological polar surface area (TPSA) is 87.0 Å². The summed E-state index contributed by atoms with van der Waals surface area (Å²) in [6, 6.07) is 0. The molecule has 1 aromatic heterocycles. The van der Waals surface area contributed by atoms with Crippen LogP contribution in [0.2, 0.25) is 0 Å². The Kier molecular flexibility index (Phi) is 5.10. The number of nitrogens with zero attached hydrogens (tertiary/aromatic N) is 2. The highest BCUT2D eigenvalue weighted by Gasteiger charge is 2.28. The summed E-state index contributed by atoms with van der Waals surface area (Å²) in [6.07, 6.45) is 7.94. The molecule has 1 aliphatic rings. The van der Waals surface area contributed by atoms with E-state index in [1.165, 1.54) is 32.1 Å². The molecule has 1 fully saturated rings. The molecule has 0 aromatic carbocycles. The van der Waals surface area contributed by atoms with Gasteiger partial charge in [0.1, 0.15) is 11.9 Å². The first-order valence-corrected chi connectivity index (χ1v) is 7.19. The van der Waals surface area contributed by atoms with Gasteiger partial charge in [0.2, 0.25) is 0 Å². The predicted octanol–water partition coefficient (Wildman–Crippen LogP) is 2.18. The van der Waals surface area contributed by atoms with E-state index in [0.717, 1.165) is 5.56 Å². The van der Waals surface area contributed by atoms with E-state index in [2.05, 4.69) is 9.97 Å². The van der Waals surface area contributed by atoms with Crippen molar-refractivity contribution >= 4 is 5.82 Å². The van der Waals surface area contributed by atoms with Gasteiger partial charge in [-0.3, -0.25) is 0 Å². The minimum atomic E-state index is -0.0283. The van der Waals surface area contributed by atoms with Crippen LogP contribution in [0.5, 0.6) is 0 Å². The minimum absolute atomic E-state index is 0.0283. The predicted molar refractivity (Wildman–Crippen MR) is 75.3 cm³/mol. The van der Waals surface area contributed by atoms with Gasteiger partial charge in [0.05, 0.1) is 0 Å². The highest BCUT2D eigenvalue weighted by atomic mass is 16.5. The lowest BCUT2D eigenvalue weighted by atomic mass is 9.85. The lowest BCUT2D eigenvalue weighted by molar-refractivity contribution is -0.000119. The van der Waals surface area contributed by atoms with Gasteiger partial charge in [-0.1, -0.05) is 19.3 Å². The molecule has 0 radical (unpaired) electrons. The molecule has 1 aromatic rings. The monoisotopic (exact) mass is 264 g/mol. The number of aromatic nitrogens is 2. The summed E-state index contributed by atoms with van der Waals surface area (Å²) in [5.41, 5.74) is 12.3. The Hall–Kier alpha value is -1.20. The standard InChI is InChI=1S/C14H24N4O/c1-2-19-12(10-6-4-3-5-7-10)14-17-9-11(8-15)13(16)18-14/h9-10,12H,2-8,15H2,1H3,(H2,16,17,18). The van der Waals surface area contributed by atoms with Crippen molar-refractivity contribution in [3.63, 3.8) is 0 Å². The summed E-state index contributed by atoms with van der Waals surface area (Å²) in [4.78, 5) is 8.81. The summed E-state index contributed by atoms with van der Waals surface area (Å²) >= 11 is 0. The maximum atomic E-state index is 5.91. The molecule has 1 aliphatic carbocycles. The zero-order valence-corrected chi connectivity index (χ0v) is 11.6. The normalized spacial score (nSPS) is 18.4. The van der Waals surface area contributed by atoms with Crippen LogP contribution in [0.15, 0.2) is 6.20 Å². The molecule has 19 heavy (non-hydrogen) atoms. The average molecular weight is 264 g/mol.